The lowest BCUT2D eigenvalue weighted by Gasteiger charge is -2.33. The van der Waals surface area contributed by atoms with Gasteiger partial charge in [0, 0.05) is 25.6 Å². The summed E-state index contributed by atoms with van der Waals surface area (Å²) in [6.45, 7) is 6.25. The highest BCUT2D eigenvalue weighted by Gasteiger charge is 2.31. The summed E-state index contributed by atoms with van der Waals surface area (Å²) in [4.78, 5) is 49.8. The number of benzene rings is 1. The van der Waals surface area contributed by atoms with Crippen molar-refractivity contribution in [3.8, 4) is 0 Å². The van der Waals surface area contributed by atoms with Crippen molar-refractivity contribution < 1.29 is 19.5 Å². The van der Waals surface area contributed by atoms with E-state index in [4.69, 9.17) is 0 Å². The maximum Gasteiger partial charge on any atom is 0.407 e. The van der Waals surface area contributed by atoms with Crippen molar-refractivity contribution >= 4 is 28.9 Å². The molecule has 9 nitrogen and oxygen atoms in total. The number of nitrogens with one attached hydrogen (secondary N) is 1. The number of imidazole rings is 1. The second-order valence-corrected chi connectivity index (χ2v) is 10.1. The van der Waals surface area contributed by atoms with Crippen molar-refractivity contribution in [3.05, 3.63) is 34.2 Å². The van der Waals surface area contributed by atoms with Gasteiger partial charge >= 0.3 is 11.8 Å². The molecule has 1 aliphatic rings. The maximum absolute atomic E-state index is 13.0. The summed E-state index contributed by atoms with van der Waals surface area (Å²) in [5.41, 5.74) is 1.96. The number of hydrogen-bond donors (Lipinski definition) is 2. The Balaban J connectivity index is 1.60. The van der Waals surface area contributed by atoms with Crippen LogP contribution in [0.15, 0.2) is 23.0 Å². The topological polar surface area (TPSA) is 114 Å². The van der Waals surface area contributed by atoms with Crippen LogP contribution >= 0.6 is 0 Å². The Morgan fingerprint density at radius 1 is 1.12 bits per heavy atom. The fourth-order valence-electron chi connectivity index (χ4n) is 4.78. The highest BCUT2D eigenvalue weighted by atomic mass is 16.4. The van der Waals surface area contributed by atoms with Crippen LogP contribution in [0.2, 0.25) is 0 Å². The van der Waals surface area contributed by atoms with Gasteiger partial charge in [0.15, 0.2) is 0 Å². The molecule has 1 unspecified atom stereocenters. The Kier molecular flexibility index (Phi) is 7.84. The average Bonchev–Trinajstić information content (AvgIpc) is 3.00. The molecular formula is C25H36N4O5. The molecule has 0 bridgehead atoms. The van der Waals surface area contributed by atoms with E-state index in [9.17, 15) is 24.3 Å². The number of imide groups is 1. The second-order valence-electron chi connectivity index (χ2n) is 10.1. The highest BCUT2D eigenvalue weighted by molar-refractivity contribution is 6.00. The van der Waals surface area contributed by atoms with Gasteiger partial charge in [0.2, 0.25) is 11.8 Å². The minimum Gasteiger partial charge on any atom is -0.465 e. The number of hydrogen-bond acceptors (Lipinski definition) is 4. The zero-order valence-electron chi connectivity index (χ0n) is 20.6. The first-order valence-corrected chi connectivity index (χ1v) is 12.1. The average molecular weight is 473 g/mol. The zero-order valence-corrected chi connectivity index (χ0v) is 20.6. The van der Waals surface area contributed by atoms with E-state index in [1.165, 1.54) is 9.47 Å². The van der Waals surface area contributed by atoms with Gasteiger partial charge in [0.05, 0.1) is 11.0 Å². The molecule has 0 saturated carbocycles. The molecule has 9 heteroatoms. The van der Waals surface area contributed by atoms with E-state index in [1.807, 2.05) is 39.0 Å². The van der Waals surface area contributed by atoms with Crippen LogP contribution in [-0.2, 0) is 23.1 Å². The molecule has 1 fully saturated rings. The number of aromatic nitrogens is 2. The number of amides is 3. The molecule has 0 spiro atoms. The molecular weight excluding hydrogens is 436 g/mol. The molecule has 2 aromatic rings. The smallest absolute Gasteiger partial charge is 0.407 e. The van der Waals surface area contributed by atoms with Gasteiger partial charge in [-0.2, -0.15) is 0 Å². The van der Waals surface area contributed by atoms with Gasteiger partial charge in [-0.25, -0.2) is 9.59 Å². The molecule has 3 rings (SSSR count). The van der Waals surface area contributed by atoms with Gasteiger partial charge in [0.1, 0.15) is 6.04 Å². The van der Waals surface area contributed by atoms with Crippen LogP contribution in [0.1, 0.15) is 77.3 Å². The van der Waals surface area contributed by atoms with Gasteiger partial charge in [-0.1, -0.05) is 31.4 Å². The van der Waals surface area contributed by atoms with E-state index in [0.717, 1.165) is 55.1 Å². The summed E-state index contributed by atoms with van der Waals surface area (Å²) < 4.78 is 3.12. The molecule has 2 N–H and O–H groups in total. The van der Waals surface area contributed by atoms with Gasteiger partial charge in [0.25, 0.3) is 0 Å². The first-order chi connectivity index (χ1) is 16.0. The monoisotopic (exact) mass is 472 g/mol. The summed E-state index contributed by atoms with van der Waals surface area (Å²) in [7, 11) is 1.72. The number of piperidine rings is 1. The number of rotatable bonds is 9. The van der Waals surface area contributed by atoms with Crippen molar-refractivity contribution in [2.45, 2.75) is 83.7 Å². The van der Waals surface area contributed by atoms with Crippen LogP contribution in [0.3, 0.4) is 0 Å². The molecule has 1 aliphatic heterocycles. The first kappa shape index (κ1) is 25.5. The van der Waals surface area contributed by atoms with E-state index in [1.54, 1.807) is 11.6 Å². The number of unbranched alkanes of at least 4 members (excludes halogenated alkanes) is 4. The fraction of sp³-hybridized carbons (Fsp3) is 0.600. The molecule has 1 aromatic heterocycles. The predicted molar refractivity (Wildman–Crippen MR) is 130 cm³/mol. The quantitative estimate of drug-likeness (QED) is 0.428. The Labute approximate surface area is 199 Å². The highest BCUT2D eigenvalue weighted by Crippen LogP contribution is 2.26. The molecule has 1 atom stereocenters. The third-order valence-corrected chi connectivity index (χ3v) is 6.58. The Morgan fingerprint density at radius 3 is 2.44 bits per heavy atom. The van der Waals surface area contributed by atoms with Crippen molar-refractivity contribution in [2.75, 3.05) is 6.54 Å². The fourth-order valence-corrected chi connectivity index (χ4v) is 4.78. The number of carbonyl (C=O) groups excluding carboxylic acids is 2. The van der Waals surface area contributed by atoms with Gasteiger partial charge in [-0.05, 0) is 58.1 Å². The predicted octanol–water partition coefficient (Wildman–Crippen LogP) is 3.59. The lowest BCUT2D eigenvalue weighted by atomic mass is 10.0. The summed E-state index contributed by atoms with van der Waals surface area (Å²) in [6.07, 6.45) is 5.27. The zero-order chi connectivity index (χ0) is 25.0. The normalized spacial score (nSPS) is 16.6. The molecule has 34 heavy (non-hydrogen) atoms. The Morgan fingerprint density at radius 2 is 1.79 bits per heavy atom. The Bertz CT molecular complexity index is 1120. The van der Waals surface area contributed by atoms with Gasteiger partial charge in [-0.3, -0.25) is 24.0 Å². The van der Waals surface area contributed by atoms with Gasteiger partial charge in [-0.15, -0.1) is 0 Å². The number of nitrogens with zero attached hydrogens (tertiary/aromatic N) is 3. The number of fused-ring (bicyclic) bond motifs is 1. The molecule has 186 valence electrons. The lowest BCUT2D eigenvalue weighted by Crippen LogP contribution is -2.45. The second kappa shape index (κ2) is 10.4. The van der Waals surface area contributed by atoms with Crippen molar-refractivity contribution in [1.29, 1.82) is 0 Å². The largest absolute Gasteiger partial charge is 0.465 e. The SMILES string of the molecule is Cn1c(=O)n(C2CCC(=O)NC2=O)c2cccc(CCCCCCCN(C(=O)O)C(C)(C)C)c21. The van der Waals surface area contributed by atoms with E-state index in [-0.39, 0.29) is 18.0 Å². The minimum atomic E-state index is -0.879. The molecule has 3 amide bonds. The standard InChI is InChI=1S/C25H36N4O5/c1-25(2,3)28(24(33)34)16-9-7-5-6-8-11-17-12-10-13-18-21(17)27(4)23(32)29(18)19-14-15-20(30)26-22(19)31/h10,12-13,19H,5-9,11,14-16H2,1-4H3,(H,33,34)(H,26,30,31). The summed E-state index contributed by atoms with van der Waals surface area (Å²) in [6, 6.07) is 5.10. The molecule has 0 radical (unpaired) electrons. The first-order valence-electron chi connectivity index (χ1n) is 12.1. The van der Waals surface area contributed by atoms with Crippen LogP contribution < -0.4 is 11.0 Å². The van der Waals surface area contributed by atoms with E-state index in [2.05, 4.69) is 5.32 Å². The summed E-state index contributed by atoms with van der Waals surface area (Å²) in [5.74, 6) is -0.728. The molecule has 2 heterocycles. The van der Waals surface area contributed by atoms with Crippen molar-refractivity contribution in [2.24, 2.45) is 7.05 Å². The summed E-state index contributed by atoms with van der Waals surface area (Å²) >= 11 is 0. The molecule has 1 saturated heterocycles. The van der Waals surface area contributed by atoms with Crippen molar-refractivity contribution in [1.82, 2.24) is 19.4 Å². The third-order valence-electron chi connectivity index (χ3n) is 6.58. The lowest BCUT2D eigenvalue weighted by molar-refractivity contribution is -0.135. The maximum atomic E-state index is 13.0. The van der Waals surface area contributed by atoms with Crippen molar-refractivity contribution in [3.63, 3.8) is 0 Å². The number of aryl methyl sites for hydroxylation is 2. The van der Waals surface area contributed by atoms with Crippen LogP contribution in [0.4, 0.5) is 4.79 Å². The van der Waals surface area contributed by atoms with Crippen LogP contribution in [0.5, 0.6) is 0 Å². The van der Waals surface area contributed by atoms with Crippen LogP contribution in [0, 0.1) is 0 Å². The van der Waals surface area contributed by atoms with E-state index in [0.29, 0.717) is 13.0 Å². The Hall–Kier alpha value is -3.10. The molecule has 0 aliphatic carbocycles. The number of carbonyl (C=O) groups is 3. The van der Waals surface area contributed by atoms with Crippen LogP contribution in [-0.4, -0.2) is 49.1 Å². The third kappa shape index (κ3) is 5.51. The van der Waals surface area contributed by atoms with E-state index >= 15 is 0 Å². The van der Waals surface area contributed by atoms with E-state index < -0.39 is 23.6 Å². The summed E-state index contributed by atoms with van der Waals surface area (Å²) in [5, 5.41) is 11.7. The van der Waals surface area contributed by atoms with Gasteiger partial charge < -0.3 is 10.0 Å². The number of para-hydroxylation sites is 1. The number of carboxylic acid groups (broad SMARTS) is 1. The van der Waals surface area contributed by atoms with Crippen LogP contribution in [0.25, 0.3) is 11.0 Å². The minimum absolute atomic E-state index is 0.221. The molecule has 1 aromatic carbocycles.